The van der Waals surface area contributed by atoms with Crippen LogP contribution in [0.25, 0.3) is 11.3 Å². The lowest BCUT2D eigenvalue weighted by molar-refractivity contribution is 0.0991. The third kappa shape index (κ3) is 2.95. The number of ketones is 1. The Morgan fingerprint density at radius 2 is 2.00 bits per heavy atom. The molecule has 3 aromatic rings. The Labute approximate surface area is 127 Å². The quantitative estimate of drug-likeness (QED) is 0.668. The zero-order valence-corrected chi connectivity index (χ0v) is 12.7. The van der Waals surface area contributed by atoms with Crippen LogP contribution in [0.4, 0.5) is 0 Å². The van der Waals surface area contributed by atoms with Gasteiger partial charge in [-0.05, 0) is 19.9 Å². The van der Waals surface area contributed by atoms with Crippen molar-refractivity contribution in [3.8, 4) is 11.3 Å². The normalized spacial score (nSPS) is 10.8. The van der Waals surface area contributed by atoms with E-state index in [1.807, 2.05) is 49.6 Å². The third-order valence-corrected chi connectivity index (χ3v) is 4.12. The Bertz CT molecular complexity index is 771. The smallest absolute Gasteiger partial charge is 0.173 e. The summed E-state index contributed by atoms with van der Waals surface area (Å²) >= 11 is 1.52. The van der Waals surface area contributed by atoms with Crippen molar-refractivity contribution in [2.24, 2.45) is 0 Å². The topological polar surface area (TPSA) is 43.1 Å². The average Bonchev–Trinajstić information content (AvgIpc) is 3.06. The number of carbonyl (C=O) groups excluding carboxylic acids is 1. The van der Waals surface area contributed by atoms with Gasteiger partial charge >= 0.3 is 0 Å². The number of rotatable bonds is 4. The van der Waals surface area contributed by atoms with Gasteiger partial charge < -0.3 is 4.42 Å². The first-order valence-electron chi connectivity index (χ1n) is 6.73. The molecule has 1 aromatic carbocycles. The summed E-state index contributed by atoms with van der Waals surface area (Å²) in [5.74, 6) is 1.50. The average molecular weight is 297 g/mol. The zero-order chi connectivity index (χ0) is 14.8. The van der Waals surface area contributed by atoms with Gasteiger partial charge in [0.25, 0.3) is 0 Å². The minimum Gasteiger partial charge on any atom is -0.466 e. The molecule has 0 spiro atoms. The van der Waals surface area contributed by atoms with Gasteiger partial charge in [0.1, 0.15) is 16.5 Å². The van der Waals surface area contributed by atoms with Crippen LogP contribution in [0.5, 0.6) is 0 Å². The number of Topliss-reactive ketones (excluding diaryl/α,β-unsaturated/α-hetero) is 1. The second-order valence-corrected chi connectivity index (χ2v) is 5.86. The lowest BCUT2D eigenvalue weighted by Gasteiger charge is -1.96. The standard InChI is InChI=1S/C17H15NO2S/c1-11-8-14(12(2)20-11)16(19)9-17-18-15(10-21-17)13-6-4-3-5-7-13/h3-8,10H,9H2,1-2H3. The molecule has 0 aliphatic carbocycles. The summed E-state index contributed by atoms with van der Waals surface area (Å²) in [7, 11) is 0. The molecule has 2 heterocycles. The van der Waals surface area contributed by atoms with Crippen LogP contribution >= 0.6 is 11.3 Å². The molecule has 0 atom stereocenters. The molecule has 0 unspecified atom stereocenters. The van der Waals surface area contributed by atoms with Crippen LogP contribution in [0.1, 0.15) is 26.9 Å². The highest BCUT2D eigenvalue weighted by Crippen LogP contribution is 2.23. The first-order valence-corrected chi connectivity index (χ1v) is 7.61. The van der Waals surface area contributed by atoms with Gasteiger partial charge in [-0.3, -0.25) is 4.79 Å². The lowest BCUT2D eigenvalue weighted by Crippen LogP contribution is -2.03. The van der Waals surface area contributed by atoms with E-state index in [9.17, 15) is 4.79 Å². The fraction of sp³-hybridized carbons (Fsp3) is 0.176. The second-order valence-electron chi connectivity index (χ2n) is 4.92. The van der Waals surface area contributed by atoms with Gasteiger partial charge in [-0.1, -0.05) is 30.3 Å². The van der Waals surface area contributed by atoms with Crippen molar-refractivity contribution >= 4 is 17.1 Å². The zero-order valence-electron chi connectivity index (χ0n) is 11.9. The Balaban J connectivity index is 1.79. The van der Waals surface area contributed by atoms with Crippen LogP contribution in [0, 0.1) is 13.8 Å². The van der Waals surface area contributed by atoms with Gasteiger partial charge in [-0.2, -0.15) is 0 Å². The Morgan fingerprint density at radius 1 is 1.24 bits per heavy atom. The summed E-state index contributed by atoms with van der Waals surface area (Å²) in [6, 6.07) is 11.8. The van der Waals surface area contributed by atoms with Gasteiger partial charge in [0.2, 0.25) is 0 Å². The molecule has 21 heavy (non-hydrogen) atoms. The largest absolute Gasteiger partial charge is 0.466 e. The number of hydrogen-bond acceptors (Lipinski definition) is 4. The molecular weight excluding hydrogens is 282 g/mol. The second kappa shape index (κ2) is 5.66. The van der Waals surface area contributed by atoms with Gasteiger partial charge in [0.15, 0.2) is 5.78 Å². The minimum atomic E-state index is 0.0540. The van der Waals surface area contributed by atoms with Crippen molar-refractivity contribution < 1.29 is 9.21 Å². The summed E-state index contributed by atoms with van der Waals surface area (Å²) in [4.78, 5) is 16.9. The maximum Gasteiger partial charge on any atom is 0.173 e. The van der Waals surface area contributed by atoms with E-state index in [2.05, 4.69) is 4.98 Å². The molecule has 0 saturated heterocycles. The molecule has 0 amide bonds. The summed E-state index contributed by atoms with van der Waals surface area (Å²) in [6.07, 6.45) is 0.317. The van der Waals surface area contributed by atoms with Crippen molar-refractivity contribution in [2.45, 2.75) is 20.3 Å². The van der Waals surface area contributed by atoms with Crippen molar-refractivity contribution in [1.82, 2.24) is 4.98 Å². The van der Waals surface area contributed by atoms with E-state index in [1.165, 1.54) is 11.3 Å². The predicted molar refractivity (Wildman–Crippen MR) is 83.8 cm³/mol. The summed E-state index contributed by atoms with van der Waals surface area (Å²) in [5.41, 5.74) is 2.65. The van der Waals surface area contributed by atoms with Crippen molar-refractivity contribution in [1.29, 1.82) is 0 Å². The van der Waals surface area contributed by atoms with E-state index in [4.69, 9.17) is 4.42 Å². The monoisotopic (exact) mass is 297 g/mol. The van der Waals surface area contributed by atoms with Crippen molar-refractivity contribution in [3.05, 3.63) is 63.9 Å². The third-order valence-electron chi connectivity index (χ3n) is 3.27. The minimum absolute atomic E-state index is 0.0540. The summed E-state index contributed by atoms with van der Waals surface area (Å²) < 4.78 is 5.41. The Hall–Kier alpha value is -2.20. The number of carbonyl (C=O) groups is 1. The fourth-order valence-corrected chi connectivity index (χ4v) is 3.08. The van der Waals surface area contributed by atoms with Crippen molar-refractivity contribution in [2.75, 3.05) is 0 Å². The molecule has 2 aromatic heterocycles. The summed E-state index contributed by atoms with van der Waals surface area (Å²) in [6.45, 7) is 3.66. The molecule has 0 fully saturated rings. The first kappa shape index (κ1) is 13.8. The first-order chi connectivity index (χ1) is 10.1. The van der Waals surface area contributed by atoms with Gasteiger partial charge in [0, 0.05) is 10.9 Å². The highest BCUT2D eigenvalue weighted by atomic mass is 32.1. The number of benzene rings is 1. The van der Waals surface area contributed by atoms with E-state index >= 15 is 0 Å². The van der Waals surface area contributed by atoms with Crippen molar-refractivity contribution in [3.63, 3.8) is 0 Å². The van der Waals surface area contributed by atoms with Crippen LogP contribution < -0.4 is 0 Å². The van der Waals surface area contributed by atoms with Crippen LogP contribution in [0.15, 0.2) is 46.2 Å². The number of thiazole rings is 1. The molecule has 0 saturated carbocycles. The number of hydrogen-bond donors (Lipinski definition) is 0. The van der Waals surface area contributed by atoms with E-state index in [0.29, 0.717) is 17.7 Å². The molecule has 106 valence electrons. The number of aryl methyl sites for hydroxylation is 2. The highest BCUT2D eigenvalue weighted by Gasteiger charge is 2.16. The number of furan rings is 1. The summed E-state index contributed by atoms with van der Waals surface area (Å²) in [5, 5.41) is 2.82. The van der Waals surface area contributed by atoms with E-state index < -0.39 is 0 Å². The molecule has 0 radical (unpaired) electrons. The highest BCUT2D eigenvalue weighted by molar-refractivity contribution is 7.10. The van der Waals surface area contributed by atoms with Crippen LogP contribution in [0.3, 0.4) is 0 Å². The van der Waals surface area contributed by atoms with E-state index in [1.54, 1.807) is 6.07 Å². The number of nitrogens with zero attached hydrogens (tertiary/aromatic N) is 1. The van der Waals surface area contributed by atoms with Gasteiger partial charge in [-0.15, -0.1) is 11.3 Å². The maximum atomic E-state index is 12.3. The molecule has 0 bridgehead atoms. The Morgan fingerprint density at radius 3 is 2.67 bits per heavy atom. The molecule has 0 aliphatic rings. The fourth-order valence-electron chi connectivity index (χ4n) is 2.27. The molecule has 0 N–H and O–H groups in total. The molecular formula is C17H15NO2S. The molecule has 0 aliphatic heterocycles. The van der Waals surface area contributed by atoms with E-state index in [0.717, 1.165) is 22.0 Å². The Kier molecular flexibility index (Phi) is 3.71. The maximum absolute atomic E-state index is 12.3. The SMILES string of the molecule is Cc1cc(C(=O)Cc2nc(-c3ccccc3)cs2)c(C)o1. The van der Waals surface area contributed by atoms with Gasteiger partial charge in [0.05, 0.1) is 17.7 Å². The van der Waals surface area contributed by atoms with Crippen LogP contribution in [-0.4, -0.2) is 10.8 Å². The number of aromatic nitrogens is 1. The van der Waals surface area contributed by atoms with Crippen LogP contribution in [0.2, 0.25) is 0 Å². The predicted octanol–water partition coefficient (Wildman–Crippen LogP) is 4.45. The molecule has 4 heteroatoms. The lowest BCUT2D eigenvalue weighted by atomic mass is 10.1. The molecule has 3 nitrogen and oxygen atoms in total. The van der Waals surface area contributed by atoms with Gasteiger partial charge in [-0.25, -0.2) is 4.98 Å². The molecule has 3 rings (SSSR count). The van der Waals surface area contributed by atoms with E-state index in [-0.39, 0.29) is 5.78 Å². The van der Waals surface area contributed by atoms with Crippen LogP contribution in [-0.2, 0) is 6.42 Å².